The summed E-state index contributed by atoms with van der Waals surface area (Å²) in [4.78, 5) is 0. The van der Waals surface area contributed by atoms with Gasteiger partial charge in [-0.05, 0) is 60.0 Å². The van der Waals surface area contributed by atoms with Crippen LogP contribution in [-0.4, -0.2) is 20.2 Å². The predicted octanol–water partition coefficient (Wildman–Crippen LogP) is 2.84. The fraction of sp³-hybridized carbons (Fsp3) is 0.188. The second kappa shape index (κ2) is 5.01. The molecule has 0 unspecified atom stereocenters. The summed E-state index contributed by atoms with van der Waals surface area (Å²) in [6.07, 6.45) is 0. The van der Waals surface area contributed by atoms with Gasteiger partial charge < -0.3 is 5.73 Å². The van der Waals surface area contributed by atoms with Crippen molar-refractivity contribution in [1.29, 1.82) is 0 Å². The van der Waals surface area contributed by atoms with Gasteiger partial charge in [0.25, 0.3) is 0 Å². The first-order chi connectivity index (χ1) is 10.1. The summed E-state index contributed by atoms with van der Waals surface area (Å²) in [6.45, 7) is 6.12. The Kier molecular flexibility index (Phi) is 3.17. The molecule has 106 valence electrons. The van der Waals surface area contributed by atoms with Gasteiger partial charge in [0.2, 0.25) is 0 Å². The van der Waals surface area contributed by atoms with Crippen LogP contribution in [0, 0.1) is 20.8 Å². The summed E-state index contributed by atoms with van der Waals surface area (Å²) in [7, 11) is 0. The highest BCUT2D eigenvalue weighted by molar-refractivity contribution is 5.65. The number of rotatable bonds is 2. The van der Waals surface area contributed by atoms with E-state index >= 15 is 0 Å². The van der Waals surface area contributed by atoms with Crippen molar-refractivity contribution < 1.29 is 0 Å². The molecule has 0 saturated carbocycles. The van der Waals surface area contributed by atoms with Crippen LogP contribution in [0.25, 0.3) is 17.1 Å². The maximum absolute atomic E-state index is 5.99. The molecule has 5 nitrogen and oxygen atoms in total. The van der Waals surface area contributed by atoms with Gasteiger partial charge in [0, 0.05) is 11.3 Å². The van der Waals surface area contributed by atoms with Gasteiger partial charge in [0.05, 0.1) is 5.69 Å². The number of tetrazole rings is 1. The second-order valence-electron chi connectivity index (χ2n) is 5.20. The highest BCUT2D eigenvalue weighted by Crippen LogP contribution is 2.25. The van der Waals surface area contributed by atoms with Crippen molar-refractivity contribution in [2.24, 2.45) is 0 Å². The molecule has 0 atom stereocenters. The van der Waals surface area contributed by atoms with E-state index in [1.807, 2.05) is 37.3 Å². The third-order valence-corrected chi connectivity index (χ3v) is 3.81. The van der Waals surface area contributed by atoms with Crippen LogP contribution in [0.5, 0.6) is 0 Å². The van der Waals surface area contributed by atoms with Crippen LogP contribution < -0.4 is 5.73 Å². The molecule has 2 N–H and O–H groups in total. The molecule has 0 bridgehead atoms. The van der Waals surface area contributed by atoms with E-state index in [4.69, 9.17) is 5.73 Å². The number of benzene rings is 2. The Morgan fingerprint density at radius 2 is 1.81 bits per heavy atom. The molecule has 1 aromatic heterocycles. The number of hydrogen-bond acceptors (Lipinski definition) is 4. The average Bonchev–Trinajstić information content (AvgIpc) is 2.94. The monoisotopic (exact) mass is 279 g/mol. The molecule has 0 spiro atoms. The lowest BCUT2D eigenvalue weighted by Gasteiger charge is -2.10. The van der Waals surface area contributed by atoms with Gasteiger partial charge >= 0.3 is 0 Å². The van der Waals surface area contributed by atoms with E-state index in [0.29, 0.717) is 5.82 Å². The Labute approximate surface area is 123 Å². The first kappa shape index (κ1) is 13.3. The molecule has 0 saturated heterocycles. The molecule has 0 aliphatic heterocycles. The number of nitrogens with zero attached hydrogens (tertiary/aromatic N) is 4. The highest BCUT2D eigenvalue weighted by Gasteiger charge is 2.13. The summed E-state index contributed by atoms with van der Waals surface area (Å²) < 4.78 is 1.76. The maximum Gasteiger partial charge on any atom is 0.187 e. The normalized spacial score (nSPS) is 10.8. The van der Waals surface area contributed by atoms with E-state index in [9.17, 15) is 0 Å². The zero-order chi connectivity index (χ0) is 15.0. The topological polar surface area (TPSA) is 69.6 Å². The SMILES string of the molecule is Cc1ccc(-c2nnnn2-c2cccc(C)c2C)cc1N. The Morgan fingerprint density at radius 1 is 1.00 bits per heavy atom. The Hall–Kier alpha value is -2.69. The van der Waals surface area contributed by atoms with Gasteiger partial charge in [-0.25, -0.2) is 0 Å². The molecule has 0 aliphatic rings. The minimum atomic E-state index is 0.690. The smallest absolute Gasteiger partial charge is 0.187 e. The Bertz CT molecular complexity index is 804. The summed E-state index contributed by atoms with van der Waals surface area (Å²) in [6, 6.07) is 12.0. The second-order valence-corrected chi connectivity index (χ2v) is 5.20. The van der Waals surface area contributed by atoms with Crippen LogP contribution >= 0.6 is 0 Å². The fourth-order valence-electron chi connectivity index (χ4n) is 2.27. The Morgan fingerprint density at radius 3 is 2.57 bits per heavy atom. The van der Waals surface area contributed by atoms with Gasteiger partial charge in [0.15, 0.2) is 5.82 Å². The molecule has 0 radical (unpaired) electrons. The van der Waals surface area contributed by atoms with Crippen LogP contribution in [0.1, 0.15) is 16.7 Å². The summed E-state index contributed by atoms with van der Waals surface area (Å²) in [5.41, 5.74) is 12.0. The number of nitrogens with two attached hydrogens (primary N) is 1. The van der Waals surface area contributed by atoms with Crippen molar-refractivity contribution in [2.75, 3.05) is 5.73 Å². The molecule has 1 heterocycles. The van der Waals surface area contributed by atoms with Crippen molar-refractivity contribution >= 4 is 5.69 Å². The number of aryl methyl sites for hydroxylation is 2. The standard InChI is InChI=1S/C16H17N5/c1-10-5-4-6-15(12(10)3)21-16(18-19-20-21)13-8-7-11(2)14(17)9-13/h4-9H,17H2,1-3H3. The number of hydrogen-bond donors (Lipinski definition) is 1. The highest BCUT2D eigenvalue weighted by atomic mass is 15.5. The van der Waals surface area contributed by atoms with Crippen molar-refractivity contribution in [3.63, 3.8) is 0 Å². The zero-order valence-corrected chi connectivity index (χ0v) is 12.3. The van der Waals surface area contributed by atoms with Crippen molar-refractivity contribution in [3.8, 4) is 17.1 Å². The third-order valence-electron chi connectivity index (χ3n) is 3.81. The number of nitrogen functional groups attached to an aromatic ring is 1. The minimum absolute atomic E-state index is 0.690. The molecule has 0 fully saturated rings. The van der Waals surface area contributed by atoms with Gasteiger partial charge in [-0.2, -0.15) is 4.68 Å². The van der Waals surface area contributed by atoms with Crippen LogP contribution in [0.15, 0.2) is 36.4 Å². The van der Waals surface area contributed by atoms with Crippen LogP contribution in [0.2, 0.25) is 0 Å². The van der Waals surface area contributed by atoms with Crippen molar-refractivity contribution in [2.45, 2.75) is 20.8 Å². The van der Waals surface area contributed by atoms with Crippen LogP contribution in [-0.2, 0) is 0 Å². The molecule has 3 rings (SSSR count). The average molecular weight is 279 g/mol. The third kappa shape index (κ3) is 2.27. The van der Waals surface area contributed by atoms with Crippen molar-refractivity contribution in [1.82, 2.24) is 20.2 Å². The van der Waals surface area contributed by atoms with E-state index < -0.39 is 0 Å². The summed E-state index contributed by atoms with van der Waals surface area (Å²) in [5, 5.41) is 12.1. The predicted molar refractivity (Wildman–Crippen MR) is 83.2 cm³/mol. The lowest BCUT2D eigenvalue weighted by Crippen LogP contribution is -2.03. The van der Waals surface area contributed by atoms with Crippen LogP contribution in [0.3, 0.4) is 0 Å². The van der Waals surface area contributed by atoms with Crippen molar-refractivity contribution in [3.05, 3.63) is 53.1 Å². The molecular formula is C16H17N5. The number of anilines is 1. The molecular weight excluding hydrogens is 262 g/mol. The molecule has 2 aromatic carbocycles. The van der Waals surface area contributed by atoms with Gasteiger partial charge in [-0.1, -0.05) is 24.3 Å². The molecule has 3 aromatic rings. The molecule has 5 heteroatoms. The lowest BCUT2D eigenvalue weighted by molar-refractivity contribution is 0.786. The van der Waals surface area contributed by atoms with Gasteiger partial charge in [-0.3, -0.25) is 0 Å². The van der Waals surface area contributed by atoms with E-state index in [1.54, 1.807) is 4.68 Å². The molecule has 0 aliphatic carbocycles. The fourth-order valence-corrected chi connectivity index (χ4v) is 2.27. The molecule has 0 amide bonds. The molecule has 21 heavy (non-hydrogen) atoms. The van der Waals surface area contributed by atoms with Gasteiger partial charge in [0.1, 0.15) is 0 Å². The van der Waals surface area contributed by atoms with E-state index in [2.05, 4.69) is 35.4 Å². The van der Waals surface area contributed by atoms with E-state index in [0.717, 1.165) is 28.1 Å². The maximum atomic E-state index is 5.99. The van der Waals surface area contributed by atoms with E-state index in [-0.39, 0.29) is 0 Å². The quantitative estimate of drug-likeness (QED) is 0.732. The zero-order valence-electron chi connectivity index (χ0n) is 12.3. The number of aromatic nitrogens is 4. The van der Waals surface area contributed by atoms with E-state index in [1.165, 1.54) is 5.56 Å². The summed E-state index contributed by atoms with van der Waals surface area (Å²) in [5.74, 6) is 0.690. The lowest BCUT2D eigenvalue weighted by atomic mass is 10.1. The van der Waals surface area contributed by atoms with Crippen LogP contribution in [0.4, 0.5) is 5.69 Å². The first-order valence-electron chi connectivity index (χ1n) is 6.79. The first-order valence-corrected chi connectivity index (χ1v) is 6.79. The largest absolute Gasteiger partial charge is 0.398 e. The van der Waals surface area contributed by atoms with Gasteiger partial charge in [-0.15, -0.1) is 5.10 Å². The summed E-state index contributed by atoms with van der Waals surface area (Å²) >= 11 is 0. The Balaban J connectivity index is 2.17. The minimum Gasteiger partial charge on any atom is -0.398 e.